The molecule has 3 atom stereocenters. The van der Waals surface area contributed by atoms with E-state index in [-0.39, 0.29) is 19.1 Å². The zero-order valence-electron chi connectivity index (χ0n) is 28.9. The first-order chi connectivity index (χ1) is 21.0. The van der Waals surface area contributed by atoms with Crippen LogP contribution in [0.2, 0.25) is 0 Å². The van der Waals surface area contributed by atoms with E-state index in [9.17, 15) is 19.4 Å². The van der Waals surface area contributed by atoms with Crippen molar-refractivity contribution in [3.05, 3.63) is 36.5 Å². The largest absolute Gasteiger partial charge is 0.472 e. The number of hydrogen-bond donors (Lipinski definition) is 3. The molecule has 258 valence electrons. The number of rotatable bonds is 30. The number of aliphatic hydroxyl groups is 1. The van der Waals surface area contributed by atoms with Gasteiger partial charge in [-0.25, -0.2) is 4.57 Å². The molecule has 0 saturated heterocycles. The van der Waals surface area contributed by atoms with Crippen LogP contribution in [0.3, 0.4) is 0 Å². The summed E-state index contributed by atoms with van der Waals surface area (Å²) in [5.41, 5.74) is 0. The Hall–Kier alpha value is -1.28. The molecule has 44 heavy (non-hydrogen) atoms. The molecule has 0 aliphatic rings. The molecule has 0 spiro atoms. The van der Waals surface area contributed by atoms with E-state index in [1.165, 1.54) is 51.4 Å². The van der Waals surface area contributed by atoms with Gasteiger partial charge in [0, 0.05) is 6.42 Å². The molecule has 0 aromatic carbocycles. The fraction of sp³-hybridized carbons (Fsp3) is 0.800. The highest BCUT2D eigenvalue weighted by molar-refractivity contribution is 7.47. The van der Waals surface area contributed by atoms with Gasteiger partial charge in [0.15, 0.2) is 0 Å². The summed E-state index contributed by atoms with van der Waals surface area (Å²) in [6.07, 6.45) is 30.9. The van der Waals surface area contributed by atoms with E-state index >= 15 is 0 Å². The third kappa shape index (κ3) is 29.4. The molecule has 0 radical (unpaired) electrons. The Morgan fingerprint density at radius 1 is 0.750 bits per heavy atom. The van der Waals surface area contributed by atoms with Crippen molar-refractivity contribution in [2.75, 3.05) is 40.9 Å². The molecule has 1 amide bonds. The Kier molecular flexibility index (Phi) is 27.2. The van der Waals surface area contributed by atoms with Crippen molar-refractivity contribution in [1.29, 1.82) is 0 Å². The molecule has 0 aliphatic carbocycles. The second-order valence-corrected chi connectivity index (χ2v) is 14.3. The Morgan fingerprint density at radius 2 is 1.30 bits per heavy atom. The molecule has 0 aliphatic heterocycles. The summed E-state index contributed by atoms with van der Waals surface area (Å²) in [6, 6.07) is -0.861. The molecule has 0 rings (SSSR count). The predicted molar refractivity (Wildman–Crippen MR) is 184 cm³/mol. The van der Waals surface area contributed by atoms with E-state index in [0.29, 0.717) is 17.4 Å². The number of allylic oxidation sites excluding steroid dienone is 5. The van der Waals surface area contributed by atoms with Gasteiger partial charge in [-0.15, -0.1) is 0 Å². The Morgan fingerprint density at radius 3 is 1.91 bits per heavy atom. The van der Waals surface area contributed by atoms with Crippen LogP contribution in [-0.4, -0.2) is 73.4 Å². The summed E-state index contributed by atoms with van der Waals surface area (Å²) in [7, 11) is 1.54. The molecule has 3 N–H and O–H groups in total. The van der Waals surface area contributed by atoms with E-state index in [1.54, 1.807) is 6.08 Å². The van der Waals surface area contributed by atoms with E-state index in [0.717, 1.165) is 57.8 Å². The lowest BCUT2D eigenvalue weighted by molar-refractivity contribution is -0.870. The van der Waals surface area contributed by atoms with Crippen LogP contribution in [0, 0.1) is 0 Å². The van der Waals surface area contributed by atoms with Crippen LogP contribution in [0.5, 0.6) is 0 Å². The summed E-state index contributed by atoms with van der Waals surface area (Å²) in [6.45, 7) is 4.63. The number of unbranched alkanes of at least 4 members (excludes halogenated alkanes) is 13. The molecule has 8 nitrogen and oxygen atoms in total. The number of hydrogen-bond acceptors (Lipinski definition) is 5. The molecule has 3 unspecified atom stereocenters. The predicted octanol–water partition coefficient (Wildman–Crippen LogP) is 8.40. The third-order valence-corrected chi connectivity index (χ3v) is 8.30. The summed E-state index contributed by atoms with van der Waals surface area (Å²) >= 11 is 0. The van der Waals surface area contributed by atoms with Crippen LogP contribution in [0.4, 0.5) is 0 Å². The lowest BCUT2D eigenvalue weighted by Crippen LogP contribution is -2.45. The monoisotopic (exact) mass is 643 g/mol. The molecule has 0 heterocycles. The first kappa shape index (κ1) is 42.7. The minimum atomic E-state index is -4.33. The Bertz CT molecular complexity index is 825. The number of phosphoric acid groups is 1. The van der Waals surface area contributed by atoms with E-state index < -0.39 is 20.0 Å². The maximum absolute atomic E-state index is 12.7. The fourth-order valence-electron chi connectivity index (χ4n) is 4.47. The van der Waals surface area contributed by atoms with Crippen molar-refractivity contribution in [3.8, 4) is 0 Å². The van der Waals surface area contributed by atoms with Crippen LogP contribution in [0.15, 0.2) is 36.5 Å². The van der Waals surface area contributed by atoms with Crippen LogP contribution in [0.25, 0.3) is 0 Å². The lowest BCUT2D eigenvalue weighted by atomic mass is 10.1. The number of carbonyl (C=O) groups is 1. The number of nitrogens with one attached hydrogen (secondary N) is 1. The molecule has 0 fully saturated rings. The minimum Gasteiger partial charge on any atom is -0.387 e. The highest BCUT2D eigenvalue weighted by atomic mass is 31.2. The molecule has 0 bridgehead atoms. The molecule has 0 saturated carbocycles. The van der Waals surface area contributed by atoms with Crippen molar-refractivity contribution >= 4 is 13.7 Å². The SMILES string of the molecule is CCC/C=C/CC/C=C/C(O)C(COP(=O)(O)OCC[N+](C)(C)C)NC(=O)CCCCCCC/C=C\CCCCCCCC. The normalized spacial score (nSPS) is 15.3. The quantitative estimate of drug-likeness (QED) is 0.0314. The summed E-state index contributed by atoms with van der Waals surface area (Å²) in [4.78, 5) is 22.8. The number of quaternary nitrogens is 1. The second kappa shape index (κ2) is 28.0. The highest BCUT2D eigenvalue weighted by Crippen LogP contribution is 2.43. The first-order valence-corrected chi connectivity index (χ1v) is 18.9. The number of likely N-dealkylation sites (N-methyl/N-ethyl adjacent to an activating group) is 1. The molecule has 0 aromatic rings. The third-order valence-electron chi connectivity index (χ3n) is 7.31. The number of phosphoric ester groups is 1. The minimum absolute atomic E-state index is 0.0534. The van der Waals surface area contributed by atoms with Gasteiger partial charge in [-0.3, -0.25) is 13.8 Å². The second-order valence-electron chi connectivity index (χ2n) is 12.9. The summed E-state index contributed by atoms with van der Waals surface area (Å²) in [5.74, 6) is -0.204. The fourth-order valence-corrected chi connectivity index (χ4v) is 5.20. The van der Waals surface area contributed by atoms with Gasteiger partial charge in [-0.05, 0) is 51.4 Å². The van der Waals surface area contributed by atoms with Gasteiger partial charge in [0.1, 0.15) is 13.2 Å². The van der Waals surface area contributed by atoms with Crippen molar-refractivity contribution in [1.82, 2.24) is 5.32 Å². The Labute approximate surface area is 270 Å². The van der Waals surface area contributed by atoms with Gasteiger partial charge in [0.05, 0.1) is 39.9 Å². The zero-order chi connectivity index (χ0) is 32.9. The van der Waals surface area contributed by atoms with Crippen molar-refractivity contribution in [2.45, 2.75) is 142 Å². The molecular weight excluding hydrogens is 575 g/mol. The highest BCUT2D eigenvalue weighted by Gasteiger charge is 2.27. The molecule has 9 heteroatoms. The Balaban J connectivity index is 4.51. The van der Waals surface area contributed by atoms with Gasteiger partial charge in [-0.2, -0.15) is 0 Å². The summed E-state index contributed by atoms with van der Waals surface area (Å²) < 4.78 is 23.3. The number of amides is 1. The number of carbonyl (C=O) groups excluding carboxylic acids is 1. The average molecular weight is 644 g/mol. The van der Waals surface area contributed by atoms with Gasteiger partial charge >= 0.3 is 7.82 Å². The van der Waals surface area contributed by atoms with E-state index in [1.807, 2.05) is 27.2 Å². The number of aliphatic hydroxyl groups excluding tert-OH is 1. The van der Waals surface area contributed by atoms with Crippen LogP contribution in [-0.2, 0) is 18.4 Å². The zero-order valence-corrected chi connectivity index (χ0v) is 29.8. The topological polar surface area (TPSA) is 105 Å². The van der Waals surface area contributed by atoms with Crippen molar-refractivity contribution in [3.63, 3.8) is 0 Å². The van der Waals surface area contributed by atoms with Crippen molar-refractivity contribution in [2.24, 2.45) is 0 Å². The first-order valence-electron chi connectivity index (χ1n) is 17.4. The smallest absolute Gasteiger partial charge is 0.387 e. The number of nitrogens with zero attached hydrogens (tertiary/aromatic N) is 1. The standard InChI is InChI=1S/C35H67N2O6P/c1-6-8-10-12-14-15-16-17-18-19-20-21-23-25-27-29-35(39)36-33(34(38)28-26-24-22-13-11-9-7-2)32-43-44(40,41)42-31-30-37(3,4)5/h11,13,17-18,26,28,33-34,38H,6-10,12,14-16,19-25,27,29-32H2,1-5H3,(H-,36,39,40,41)/p+1/b13-11+,18-17-,28-26+. The van der Waals surface area contributed by atoms with E-state index in [2.05, 4.69) is 43.5 Å². The van der Waals surface area contributed by atoms with E-state index in [4.69, 9.17) is 9.05 Å². The van der Waals surface area contributed by atoms with Gasteiger partial charge in [0.2, 0.25) is 5.91 Å². The van der Waals surface area contributed by atoms with Crippen LogP contribution < -0.4 is 5.32 Å². The van der Waals surface area contributed by atoms with Gasteiger partial charge in [-0.1, -0.05) is 108 Å². The molecule has 0 aromatic heterocycles. The summed E-state index contributed by atoms with van der Waals surface area (Å²) in [5, 5.41) is 13.6. The van der Waals surface area contributed by atoms with Gasteiger partial charge < -0.3 is 19.8 Å². The molecular formula is C35H68N2O6P+. The van der Waals surface area contributed by atoms with Crippen molar-refractivity contribution < 1.29 is 32.9 Å². The maximum Gasteiger partial charge on any atom is 0.472 e. The van der Waals surface area contributed by atoms with Crippen LogP contribution in [0.1, 0.15) is 129 Å². The average Bonchev–Trinajstić information content (AvgIpc) is 2.95. The van der Waals surface area contributed by atoms with Crippen LogP contribution >= 0.6 is 7.82 Å². The lowest BCUT2D eigenvalue weighted by Gasteiger charge is -2.25. The maximum atomic E-state index is 12.7. The van der Waals surface area contributed by atoms with Gasteiger partial charge in [0.25, 0.3) is 0 Å².